The minimum absolute atomic E-state index is 0.105. The molecule has 0 aliphatic carbocycles. The van der Waals surface area contributed by atoms with Gasteiger partial charge in [0.2, 0.25) is 0 Å². The van der Waals surface area contributed by atoms with E-state index in [1.807, 2.05) is 0 Å². The summed E-state index contributed by atoms with van der Waals surface area (Å²) in [5.74, 6) is 1.18. The Bertz CT molecular complexity index is 601. The molecule has 98 valence electrons. The van der Waals surface area contributed by atoms with Crippen molar-refractivity contribution in [3.05, 3.63) is 36.2 Å². The Morgan fingerprint density at radius 2 is 2.28 bits per heavy atom. The summed E-state index contributed by atoms with van der Waals surface area (Å²) in [4.78, 5) is 6.65. The summed E-state index contributed by atoms with van der Waals surface area (Å²) >= 11 is 0. The monoisotopic (exact) mass is 269 g/mol. The van der Waals surface area contributed by atoms with Gasteiger partial charge >= 0.3 is 0 Å². The summed E-state index contributed by atoms with van der Waals surface area (Å²) < 4.78 is 31.1. The first-order chi connectivity index (χ1) is 8.54. The fraction of sp³-hybridized carbons (Fsp3) is 0.364. The highest BCUT2D eigenvalue weighted by Gasteiger charge is 2.25. The van der Waals surface area contributed by atoms with Crippen molar-refractivity contribution in [1.82, 2.24) is 14.3 Å². The average molecular weight is 269 g/mol. The number of imidazole rings is 1. The highest BCUT2D eigenvalue weighted by molar-refractivity contribution is 7.89. The van der Waals surface area contributed by atoms with Crippen LogP contribution in [-0.2, 0) is 16.6 Å². The molecule has 2 rings (SSSR count). The SMILES string of the molecule is CCN(Cc1ccco1)S(=O)(=O)c1cnc(C)[nH]1. The van der Waals surface area contributed by atoms with Crippen molar-refractivity contribution in [2.24, 2.45) is 0 Å². The molecule has 2 heterocycles. The van der Waals surface area contributed by atoms with E-state index in [2.05, 4.69) is 9.97 Å². The molecule has 0 aliphatic rings. The van der Waals surface area contributed by atoms with E-state index in [-0.39, 0.29) is 11.6 Å². The number of aromatic amines is 1. The molecule has 0 fully saturated rings. The van der Waals surface area contributed by atoms with E-state index in [4.69, 9.17) is 4.42 Å². The van der Waals surface area contributed by atoms with Crippen LogP contribution in [0.15, 0.2) is 34.0 Å². The highest BCUT2D eigenvalue weighted by Crippen LogP contribution is 2.16. The van der Waals surface area contributed by atoms with Crippen molar-refractivity contribution in [2.45, 2.75) is 25.4 Å². The van der Waals surface area contributed by atoms with Crippen LogP contribution in [0.5, 0.6) is 0 Å². The van der Waals surface area contributed by atoms with Gasteiger partial charge in [-0.05, 0) is 19.1 Å². The molecule has 7 heteroatoms. The Morgan fingerprint density at radius 3 is 2.78 bits per heavy atom. The van der Waals surface area contributed by atoms with Crippen LogP contribution in [0.3, 0.4) is 0 Å². The van der Waals surface area contributed by atoms with Gasteiger partial charge in [-0.3, -0.25) is 0 Å². The summed E-state index contributed by atoms with van der Waals surface area (Å²) in [6.45, 7) is 4.07. The van der Waals surface area contributed by atoms with E-state index in [1.54, 1.807) is 26.0 Å². The second-order valence-electron chi connectivity index (χ2n) is 3.84. The van der Waals surface area contributed by atoms with Gasteiger partial charge in [-0.1, -0.05) is 6.92 Å². The van der Waals surface area contributed by atoms with Gasteiger partial charge < -0.3 is 9.40 Å². The maximum absolute atomic E-state index is 12.3. The van der Waals surface area contributed by atoms with Gasteiger partial charge in [0, 0.05) is 6.54 Å². The summed E-state index contributed by atoms with van der Waals surface area (Å²) in [5, 5.41) is 0.105. The number of hydrogen-bond donors (Lipinski definition) is 1. The average Bonchev–Trinajstić information content (AvgIpc) is 2.96. The first-order valence-corrected chi connectivity index (χ1v) is 7.02. The predicted octanol–water partition coefficient (Wildman–Crippen LogP) is 1.52. The van der Waals surface area contributed by atoms with Gasteiger partial charge in [0.05, 0.1) is 19.0 Å². The molecule has 0 unspecified atom stereocenters. The number of H-pyrrole nitrogens is 1. The minimum atomic E-state index is -3.55. The van der Waals surface area contributed by atoms with Crippen LogP contribution in [0.2, 0.25) is 0 Å². The van der Waals surface area contributed by atoms with Crippen LogP contribution >= 0.6 is 0 Å². The standard InChI is InChI=1S/C11H15N3O3S/c1-3-14(8-10-5-4-6-17-10)18(15,16)11-7-12-9(2)13-11/h4-7H,3,8H2,1-2H3,(H,12,13). The molecular formula is C11H15N3O3S. The van der Waals surface area contributed by atoms with E-state index in [9.17, 15) is 8.42 Å². The van der Waals surface area contributed by atoms with Crippen LogP contribution in [0.1, 0.15) is 18.5 Å². The van der Waals surface area contributed by atoms with E-state index < -0.39 is 10.0 Å². The Kier molecular flexibility index (Phi) is 3.53. The van der Waals surface area contributed by atoms with Gasteiger partial charge in [0.15, 0.2) is 5.03 Å². The maximum Gasteiger partial charge on any atom is 0.260 e. The molecule has 0 atom stereocenters. The number of nitrogens with one attached hydrogen (secondary N) is 1. The summed E-state index contributed by atoms with van der Waals surface area (Å²) in [6, 6.07) is 3.48. The smallest absolute Gasteiger partial charge is 0.260 e. The zero-order valence-electron chi connectivity index (χ0n) is 10.3. The topological polar surface area (TPSA) is 79.2 Å². The number of hydrogen-bond acceptors (Lipinski definition) is 4. The van der Waals surface area contributed by atoms with E-state index in [0.717, 1.165) is 0 Å². The molecule has 18 heavy (non-hydrogen) atoms. The van der Waals surface area contributed by atoms with Crippen molar-refractivity contribution in [3.8, 4) is 0 Å². The number of nitrogens with zero attached hydrogens (tertiary/aromatic N) is 2. The number of aryl methyl sites for hydroxylation is 1. The van der Waals surface area contributed by atoms with Crippen molar-refractivity contribution in [2.75, 3.05) is 6.54 Å². The van der Waals surface area contributed by atoms with Crippen molar-refractivity contribution >= 4 is 10.0 Å². The van der Waals surface area contributed by atoms with Crippen LogP contribution in [-0.4, -0.2) is 29.2 Å². The molecule has 0 saturated heterocycles. The maximum atomic E-state index is 12.3. The van der Waals surface area contributed by atoms with E-state index in [1.165, 1.54) is 16.8 Å². The fourth-order valence-electron chi connectivity index (χ4n) is 1.61. The van der Waals surface area contributed by atoms with Crippen molar-refractivity contribution in [3.63, 3.8) is 0 Å². The zero-order valence-corrected chi connectivity index (χ0v) is 11.1. The summed E-state index contributed by atoms with van der Waals surface area (Å²) in [7, 11) is -3.55. The third-order valence-electron chi connectivity index (χ3n) is 2.56. The normalized spacial score (nSPS) is 12.2. The van der Waals surface area contributed by atoms with Gasteiger partial charge in [0.25, 0.3) is 10.0 Å². The molecule has 1 N–H and O–H groups in total. The Balaban J connectivity index is 2.26. The molecule has 2 aromatic rings. The molecule has 0 saturated carbocycles. The number of aromatic nitrogens is 2. The Hall–Kier alpha value is -1.60. The highest BCUT2D eigenvalue weighted by atomic mass is 32.2. The molecule has 0 aromatic carbocycles. The first-order valence-electron chi connectivity index (χ1n) is 5.58. The zero-order chi connectivity index (χ0) is 13.2. The first kappa shape index (κ1) is 12.8. The quantitative estimate of drug-likeness (QED) is 0.892. The molecule has 6 nitrogen and oxygen atoms in total. The third kappa shape index (κ3) is 2.46. The van der Waals surface area contributed by atoms with Crippen LogP contribution in [0, 0.1) is 6.92 Å². The van der Waals surface area contributed by atoms with Gasteiger partial charge in [-0.15, -0.1) is 0 Å². The largest absolute Gasteiger partial charge is 0.468 e. The Labute approximate surface area is 106 Å². The van der Waals surface area contributed by atoms with Gasteiger partial charge in [-0.25, -0.2) is 13.4 Å². The third-order valence-corrected chi connectivity index (χ3v) is 4.39. The number of sulfonamides is 1. The molecule has 0 spiro atoms. The number of furan rings is 1. The molecular weight excluding hydrogens is 254 g/mol. The van der Waals surface area contributed by atoms with E-state index >= 15 is 0 Å². The fourth-order valence-corrected chi connectivity index (χ4v) is 2.99. The lowest BCUT2D eigenvalue weighted by atomic mass is 10.4. The van der Waals surface area contributed by atoms with Crippen LogP contribution in [0.25, 0.3) is 0 Å². The molecule has 0 bridgehead atoms. The summed E-state index contributed by atoms with van der Waals surface area (Å²) in [5.41, 5.74) is 0. The van der Waals surface area contributed by atoms with Crippen molar-refractivity contribution < 1.29 is 12.8 Å². The van der Waals surface area contributed by atoms with Crippen molar-refractivity contribution in [1.29, 1.82) is 0 Å². The molecule has 0 radical (unpaired) electrons. The van der Waals surface area contributed by atoms with Crippen LogP contribution < -0.4 is 0 Å². The molecule has 0 amide bonds. The summed E-state index contributed by atoms with van der Waals surface area (Å²) in [6.07, 6.45) is 2.85. The lowest BCUT2D eigenvalue weighted by molar-refractivity contribution is 0.374. The van der Waals surface area contributed by atoms with Gasteiger partial charge in [0.1, 0.15) is 11.6 Å². The van der Waals surface area contributed by atoms with Gasteiger partial charge in [-0.2, -0.15) is 4.31 Å². The number of rotatable bonds is 5. The second-order valence-corrected chi connectivity index (χ2v) is 5.75. The molecule has 2 aromatic heterocycles. The van der Waals surface area contributed by atoms with E-state index in [0.29, 0.717) is 18.1 Å². The minimum Gasteiger partial charge on any atom is -0.468 e. The van der Waals surface area contributed by atoms with Crippen LogP contribution in [0.4, 0.5) is 0 Å². The Morgan fingerprint density at radius 1 is 1.50 bits per heavy atom. The lowest BCUT2D eigenvalue weighted by Crippen LogP contribution is -2.30. The molecule has 0 aliphatic heterocycles. The predicted molar refractivity (Wildman–Crippen MR) is 65.3 cm³/mol. The lowest BCUT2D eigenvalue weighted by Gasteiger charge is -2.17. The second kappa shape index (κ2) is 4.95.